The van der Waals surface area contributed by atoms with Gasteiger partial charge in [0.2, 0.25) is 0 Å². The summed E-state index contributed by atoms with van der Waals surface area (Å²) in [6.07, 6.45) is 16.9. The van der Waals surface area contributed by atoms with Gasteiger partial charge in [-0.25, -0.2) is 0 Å². The molecule has 0 aliphatic carbocycles. The fraction of sp³-hybridized carbons (Fsp3) is 0.917. The van der Waals surface area contributed by atoms with Crippen LogP contribution in [0.4, 0.5) is 0 Å². The molecule has 2 fully saturated rings. The van der Waals surface area contributed by atoms with Crippen molar-refractivity contribution in [1.29, 1.82) is 0 Å². The minimum absolute atomic E-state index is 0.0862. The quantitative estimate of drug-likeness (QED) is 0.0208. The van der Waals surface area contributed by atoms with Crippen LogP contribution in [0.15, 0.2) is 12.2 Å². The van der Waals surface area contributed by atoms with Crippen LogP contribution in [0.3, 0.4) is 0 Å². The summed E-state index contributed by atoms with van der Waals surface area (Å²) in [5, 5.41) is 71.9. The van der Waals surface area contributed by atoms with Gasteiger partial charge >= 0.3 is 11.9 Å². The third-order valence-corrected chi connectivity index (χ3v) is 12.0. The molecule has 0 aromatic rings. The number of hydrogen-bond acceptors (Lipinski definition) is 15. The summed E-state index contributed by atoms with van der Waals surface area (Å²) in [5.74, 6) is -0.974. The van der Waals surface area contributed by atoms with Crippen LogP contribution in [0.1, 0.15) is 187 Å². The van der Waals surface area contributed by atoms with E-state index >= 15 is 0 Å². The van der Waals surface area contributed by atoms with Crippen LogP contribution in [0.2, 0.25) is 0 Å². The second-order valence-corrected chi connectivity index (χ2v) is 17.6. The first-order valence-electron chi connectivity index (χ1n) is 24.8. The van der Waals surface area contributed by atoms with Crippen LogP contribution in [0, 0.1) is 0 Å². The standard InChI is InChI=1S/C48H88O15/c1-3-5-7-9-11-13-15-17-18-19-21-23-25-27-29-31-40(51)61-36(33-58-39(50)30-28-26-24-22-20-16-14-12-10-8-6-4-2)34-59-47-46(57)44(55)42(53)38(63-47)35-60-48-45(56)43(54)41(52)37(32-49)62-48/h25,27,36-38,41-49,52-57H,3-24,26,28-35H2,1-2H3/b27-25+/t36-,37-,38-,41+,42+,43?,44?,45?,46?,47-,48-/m1/s1. The number of aliphatic hydroxyl groups excluding tert-OH is 7. The molecule has 0 aromatic carbocycles. The number of ether oxygens (including phenoxy) is 6. The summed E-state index contributed by atoms with van der Waals surface area (Å²) < 4.78 is 33.5. The Labute approximate surface area is 378 Å². The molecule has 63 heavy (non-hydrogen) atoms. The van der Waals surface area contributed by atoms with Crippen molar-refractivity contribution in [3.63, 3.8) is 0 Å². The fourth-order valence-corrected chi connectivity index (χ4v) is 7.88. The molecule has 0 saturated carbocycles. The fourth-order valence-electron chi connectivity index (χ4n) is 7.88. The van der Waals surface area contributed by atoms with Gasteiger partial charge in [-0.15, -0.1) is 0 Å². The van der Waals surface area contributed by atoms with Crippen molar-refractivity contribution < 1.29 is 73.8 Å². The van der Waals surface area contributed by atoms with Gasteiger partial charge in [-0.05, 0) is 25.7 Å². The molecule has 2 aliphatic heterocycles. The lowest BCUT2D eigenvalue weighted by Gasteiger charge is -2.42. The molecular weight excluding hydrogens is 817 g/mol. The first-order valence-corrected chi connectivity index (χ1v) is 24.8. The largest absolute Gasteiger partial charge is 0.462 e. The van der Waals surface area contributed by atoms with Crippen molar-refractivity contribution in [2.75, 3.05) is 26.4 Å². The maximum atomic E-state index is 12.9. The van der Waals surface area contributed by atoms with Gasteiger partial charge < -0.3 is 64.2 Å². The average molecular weight is 905 g/mol. The highest BCUT2D eigenvalue weighted by Crippen LogP contribution is 2.26. The van der Waals surface area contributed by atoms with E-state index in [0.717, 1.165) is 32.1 Å². The van der Waals surface area contributed by atoms with Gasteiger partial charge in [0.1, 0.15) is 55.4 Å². The minimum Gasteiger partial charge on any atom is -0.462 e. The smallest absolute Gasteiger partial charge is 0.306 e. The highest BCUT2D eigenvalue weighted by atomic mass is 16.7. The zero-order valence-corrected chi connectivity index (χ0v) is 38.8. The summed E-state index contributed by atoms with van der Waals surface area (Å²) in [5.41, 5.74) is 0. The number of esters is 2. The number of unbranched alkanes of at least 4 members (excludes halogenated alkanes) is 22. The van der Waals surface area contributed by atoms with E-state index in [2.05, 4.69) is 19.9 Å². The molecule has 0 spiro atoms. The van der Waals surface area contributed by atoms with Crippen LogP contribution in [-0.4, -0.2) is 142 Å². The lowest BCUT2D eigenvalue weighted by molar-refractivity contribution is -0.332. The molecule has 2 rings (SSSR count). The second kappa shape index (κ2) is 36.4. The SMILES string of the molecule is CCCCCCCCCCCCC/C=C/CCC(=O)O[C@H](COC(=O)CCCCCCCCCCCCCC)CO[C@@H]1O[C@H](CO[C@@H]2O[C@H](CO)[C@H](O)C(O)C2O)[C@H](O)C(O)C1O. The molecule has 15 nitrogen and oxygen atoms in total. The van der Waals surface area contributed by atoms with Crippen molar-refractivity contribution in [3.05, 3.63) is 12.2 Å². The normalized spacial score (nSPS) is 26.9. The first kappa shape index (κ1) is 57.4. The monoisotopic (exact) mass is 905 g/mol. The van der Waals surface area contributed by atoms with Crippen molar-refractivity contribution in [2.45, 2.75) is 255 Å². The van der Waals surface area contributed by atoms with E-state index in [1.54, 1.807) is 0 Å². The molecule has 0 amide bonds. The first-order chi connectivity index (χ1) is 30.5. The number of carbonyl (C=O) groups is 2. The average Bonchev–Trinajstić information content (AvgIpc) is 3.28. The number of hydrogen-bond donors (Lipinski definition) is 7. The van der Waals surface area contributed by atoms with Gasteiger partial charge in [-0.1, -0.05) is 161 Å². The maximum absolute atomic E-state index is 12.9. The lowest BCUT2D eigenvalue weighted by Crippen LogP contribution is -2.61. The lowest BCUT2D eigenvalue weighted by atomic mass is 9.98. The predicted octanol–water partition coefficient (Wildman–Crippen LogP) is 6.21. The molecule has 4 unspecified atom stereocenters. The maximum Gasteiger partial charge on any atom is 0.306 e. The molecule has 15 heteroatoms. The zero-order chi connectivity index (χ0) is 46.1. The Morgan fingerprint density at radius 2 is 0.937 bits per heavy atom. The van der Waals surface area contributed by atoms with Crippen LogP contribution in [0.25, 0.3) is 0 Å². The molecule has 2 aliphatic rings. The van der Waals surface area contributed by atoms with Crippen LogP contribution in [-0.2, 0) is 38.0 Å². The highest BCUT2D eigenvalue weighted by Gasteiger charge is 2.47. The molecular formula is C48H88O15. The van der Waals surface area contributed by atoms with E-state index in [-0.39, 0.29) is 19.4 Å². The molecule has 0 aromatic heterocycles. The van der Waals surface area contributed by atoms with Crippen molar-refractivity contribution in [3.8, 4) is 0 Å². The van der Waals surface area contributed by atoms with Crippen molar-refractivity contribution in [2.24, 2.45) is 0 Å². The Hall–Kier alpha value is -1.76. The number of aliphatic hydroxyl groups is 7. The second-order valence-electron chi connectivity index (χ2n) is 17.6. The Morgan fingerprint density at radius 1 is 0.492 bits per heavy atom. The molecule has 11 atom stereocenters. The third-order valence-electron chi connectivity index (χ3n) is 12.0. The number of allylic oxidation sites excluding steroid dienone is 2. The minimum atomic E-state index is -1.77. The van der Waals surface area contributed by atoms with Crippen molar-refractivity contribution in [1.82, 2.24) is 0 Å². The summed E-state index contributed by atoms with van der Waals surface area (Å²) in [7, 11) is 0. The van der Waals surface area contributed by atoms with E-state index in [1.807, 2.05) is 6.08 Å². The van der Waals surface area contributed by atoms with Gasteiger partial charge in [0.25, 0.3) is 0 Å². The summed E-state index contributed by atoms with van der Waals surface area (Å²) in [6, 6.07) is 0. The summed E-state index contributed by atoms with van der Waals surface area (Å²) in [4.78, 5) is 25.6. The van der Waals surface area contributed by atoms with E-state index in [9.17, 15) is 45.3 Å². The summed E-state index contributed by atoms with van der Waals surface area (Å²) in [6.45, 7) is 2.55. The van der Waals surface area contributed by atoms with Crippen molar-refractivity contribution >= 4 is 11.9 Å². The Morgan fingerprint density at radius 3 is 1.46 bits per heavy atom. The number of rotatable bonds is 38. The highest BCUT2D eigenvalue weighted by molar-refractivity contribution is 5.70. The Kier molecular flexibility index (Phi) is 33.1. The zero-order valence-electron chi connectivity index (χ0n) is 38.8. The van der Waals surface area contributed by atoms with Crippen LogP contribution < -0.4 is 0 Å². The third kappa shape index (κ3) is 25.1. The van der Waals surface area contributed by atoms with Crippen LogP contribution in [0.5, 0.6) is 0 Å². The topological polar surface area (TPSA) is 231 Å². The van der Waals surface area contributed by atoms with E-state index in [1.165, 1.54) is 116 Å². The molecule has 0 radical (unpaired) electrons. The van der Waals surface area contributed by atoms with Gasteiger partial charge in [-0.2, -0.15) is 0 Å². The Balaban J connectivity index is 1.84. The van der Waals surface area contributed by atoms with Gasteiger partial charge in [-0.3, -0.25) is 9.59 Å². The van der Waals surface area contributed by atoms with Crippen LogP contribution >= 0.6 is 0 Å². The number of carbonyl (C=O) groups excluding carboxylic acids is 2. The molecule has 370 valence electrons. The molecule has 2 saturated heterocycles. The van der Waals surface area contributed by atoms with E-state index in [4.69, 9.17) is 28.4 Å². The van der Waals surface area contributed by atoms with E-state index < -0.39 is 99.3 Å². The predicted molar refractivity (Wildman–Crippen MR) is 238 cm³/mol. The Bertz CT molecular complexity index is 1160. The van der Waals surface area contributed by atoms with Gasteiger partial charge in [0.05, 0.1) is 19.8 Å². The van der Waals surface area contributed by atoms with E-state index in [0.29, 0.717) is 12.8 Å². The molecule has 7 N–H and O–H groups in total. The van der Waals surface area contributed by atoms with Gasteiger partial charge in [0, 0.05) is 12.8 Å². The summed E-state index contributed by atoms with van der Waals surface area (Å²) >= 11 is 0. The molecule has 0 bridgehead atoms. The molecule has 2 heterocycles. The van der Waals surface area contributed by atoms with Gasteiger partial charge in [0.15, 0.2) is 18.7 Å².